The number of aromatic amines is 1. The number of H-pyrrole nitrogens is 1. The predicted molar refractivity (Wildman–Crippen MR) is 58.7 cm³/mol. The number of likely N-dealkylation sites (N-methyl/N-ethyl adjacent to an activating group) is 1. The second-order valence-corrected chi connectivity index (χ2v) is 3.64. The predicted octanol–water partition coefficient (Wildman–Crippen LogP) is 0.498. The van der Waals surface area contributed by atoms with E-state index >= 15 is 0 Å². The lowest BCUT2D eigenvalue weighted by molar-refractivity contribution is -0.135. The minimum absolute atomic E-state index is 0.0593. The summed E-state index contributed by atoms with van der Waals surface area (Å²) in [5, 5.41) is 6.70. The van der Waals surface area contributed by atoms with Gasteiger partial charge in [0.1, 0.15) is 12.4 Å². The van der Waals surface area contributed by atoms with E-state index in [4.69, 9.17) is 4.74 Å². The van der Waals surface area contributed by atoms with Gasteiger partial charge in [-0.15, -0.1) is 0 Å². The van der Waals surface area contributed by atoms with Gasteiger partial charge < -0.3 is 9.64 Å². The molecule has 0 bridgehead atoms. The van der Waals surface area contributed by atoms with Crippen LogP contribution >= 0.6 is 0 Å². The summed E-state index contributed by atoms with van der Waals surface area (Å²) in [4.78, 5) is 17.2. The summed E-state index contributed by atoms with van der Waals surface area (Å²) < 4.78 is 5.17. The summed E-state index contributed by atoms with van der Waals surface area (Å²) in [7, 11) is 1.71. The van der Waals surface area contributed by atoms with Crippen molar-refractivity contribution in [1.82, 2.24) is 20.1 Å². The first-order valence-electron chi connectivity index (χ1n) is 5.33. The fourth-order valence-corrected chi connectivity index (χ4v) is 1.17. The highest BCUT2D eigenvalue weighted by molar-refractivity contribution is 5.77. The van der Waals surface area contributed by atoms with Crippen molar-refractivity contribution in [3.63, 3.8) is 0 Å². The maximum atomic E-state index is 11.6. The number of rotatable bonds is 6. The lowest BCUT2D eigenvalue weighted by Gasteiger charge is -2.14. The molecular formula is C10H18N4O2. The van der Waals surface area contributed by atoms with Gasteiger partial charge in [0.2, 0.25) is 5.91 Å². The van der Waals surface area contributed by atoms with Gasteiger partial charge in [-0.1, -0.05) is 6.92 Å². The second kappa shape index (κ2) is 6.22. The van der Waals surface area contributed by atoms with Crippen molar-refractivity contribution >= 4 is 5.91 Å². The molecule has 0 saturated carbocycles. The zero-order valence-corrected chi connectivity index (χ0v) is 9.99. The van der Waals surface area contributed by atoms with Crippen LogP contribution in [-0.2, 0) is 16.1 Å². The van der Waals surface area contributed by atoms with Crippen molar-refractivity contribution in [2.75, 3.05) is 20.3 Å². The molecule has 0 aromatic carbocycles. The van der Waals surface area contributed by atoms with E-state index in [1.54, 1.807) is 11.9 Å². The van der Waals surface area contributed by atoms with Crippen LogP contribution in [-0.4, -0.2) is 46.2 Å². The molecule has 0 radical (unpaired) electrons. The van der Waals surface area contributed by atoms with E-state index < -0.39 is 0 Å². The van der Waals surface area contributed by atoms with Gasteiger partial charge in [0.05, 0.1) is 6.54 Å². The number of ether oxygens (including phenoxy) is 1. The molecule has 1 amide bonds. The number of nitrogens with one attached hydrogen (secondary N) is 1. The Hall–Kier alpha value is -1.43. The Morgan fingerprint density at radius 2 is 2.31 bits per heavy atom. The second-order valence-electron chi connectivity index (χ2n) is 3.64. The van der Waals surface area contributed by atoms with Gasteiger partial charge in [0, 0.05) is 13.7 Å². The number of hydrogen-bond donors (Lipinski definition) is 1. The molecule has 6 heteroatoms. The molecule has 0 spiro atoms. The average Bonchev–Trinajstić information content (AvgIpc) is 2.64. The van der Waals surface area contributed by atoms with Crippen molar-refractivity contribution in [3.8, 4) is 0 Å². The normalized spacial score (nSPS) is 10.4. The Labute approximate surface area is 95.0 Å². The maximum absolute atomic E-state index is 11.6. The molecule has 1 aromatic rings. The fourth-order valence-electron chi connectivity index (χ4n) is 1.17. The van der Waals surface area contributed by atoms with Crippen LogP contribution < -0.4 is 0 Å². The summed E-state index contributed by atoms with van der Waals surface area (Å²) in [6.45, 7) is 4.96. The SMILES string of the molecule is CCCOCC(=O)N(C)Cc1n[nH]c(C)n1. The van der Waals surface area contributed by atoms with Crippen molar-refractivity contribution in [1.29, 1.82) is 0 Å². The molecule has 1 aromatic heterocycles. The van der Waals surface area contributed by atoms with Crippen LogP contribution in [0.5, 0.6) is 0 Å². The van der Waals surface area contributed by atoms with Gasteiger partial charge >= 0.3 is 0 Å². The lowest BCUT2D eigenvalue weighted by Crippen LogP contribution is -2.30. The molecule has 1 N–H and O–H groups in total. The van der Waals surface area contributed by atoms with Crippen LogP contribution in [0.4, 0.5) is 0 Å². The summed E-state index contributed by atoms with van der Waals surface area (Å²) in [6, 6.07) is 0. The Balaban J connectivity index is 2.34. The molecule has 90 valence electrons. The van der Waals surface area contributed by atoms with Gasteiger partial charge in [-0.25, -0.2) is 4.98 Å². The number of aromatic nitrogens is 3. The zero-order chi connectivity index (χ0) is 12.0. The van der Waals surface area contributed by atoms with Crippen LogP contribution in [0, 0.1) is 6.92 Å². The van der Waals surface area contributed by atoms with E-state index in [0.29, 0.717) is 19.0 Å². The van der Waals surface area contributed by atoms with Crippen LogP contribution in [0.2, 0.25) is 0 Å². The topological polar surface area (TPSA) is 71.1 Å². The first-order valence-corrected chi connectivity index (χ1v) is 5.33. The molecule has 0 atom stereocenters. The Morgan fingerprint density at radius 3 is 2.88 bits per heavy atom. The van der Waals surface area contributed by atoms with Gasteiger partial charge in [-0.2, -0.15) is 5.10 Å². The molecule has 0 aliphatic rings. The molecule has 1 rings (SSSR count). The molecule has 1 heterocycles. The molecular weight excluding hydrogens is 208 g/mol. The quantitative estimate of drug-likeness (QED) is 0.717. The molecule has 0 fully saturated rings. The van der Waals surface area contributed by atoms with Crippen LogP contribution in [0.25, 0.3) is 0 Å². The maximum Gasteiger partial charge on any atom is 0.248 e. The molecule has 6 nitrogen and oxygen atoms in total. The van der Waals surface area contributed by atoms with Crippen LogP contribution in [0.1, 0.15) is 25.0 Å². The van der Waals surface area contributed by atoms with Crippen molar-refractivity contribution in [2.24, 2.45) is 0 Å². The number of nitrogens with zero attached hydrogens (tertiary/aromatic N) is 3. The summed E-state index contributed by atoms with van der Waals surface area (Å²) >= 11 is 0. The third-order valence-electron chi connectivity index (χ3n) is 2.02. The number of carbonyl (C=O) groups excluding carboxylic acids is 1. The van der Waals surface area contributed by atoms with E-state index in [1.807, 2.05) is 13.8 Å². The van der Waals surface area contributed by atoms with Gasteiger partial charge in [-0.05, 0) is 13.3 Å². The monoisotopic (exact) mass is 226 g/mol. The van der Waals surface area contributed by atoms with Crippen molar-refractivity contribution in [2.45, 2.75) is 26.8 Å². The zero-order valence-electron chi connectivity index (χ0n) is 9.99. The standard InChI is InChI=1S/C10H18N4O2/c1-4-5-16-7-10(15)14(3)6-9-11-8(2)12-13-9/h4-7H2,1-3H3,(H,11,12,13). The summed E-state index contributed by atoms with van der Waals surface area (Å²) in [6.07, 6.45) is 0.914. The van der Waals surface area contributed by atoms with E-state index in [1.165, 1.54) is 0 Å². The summed E-state index contributed by atoms with van der Waals surface area (Å²) in [5.41, 5.74) is 0. The van der Waals surface area contributed by atoms with E-state index in [0.717, 1.165) is 12.2 Å². The highest BCUT2D eigenvalue weighted by Gasteiger charge is 2.11. The number of carbonyl (C=O) groups is 1. The summed E-state index contributed by atoms with van der Waals surface area (Å²) in [5.74, 6) is 1.30. The molecule has 0 aliphatic heterocycles. The Morgan fingerprint density at radius 1 is 1.56 bits per heavy atom. The highest BCUT2D eigenvalue weighted by Crippen LogP contribution is 1.97. The van der Waals surface area contributed by atoms with Crippen molar-refractivity contribution < 1.29 is 9.53 Å². The van der Waals surface area contributed by atoms with E-state index in [2.05, 4.69) is 15.2 Å². The van der Waals surface area contributed by atoms with E-state index in [9.17, 15) is 4.79 Å². The molecule has 16 heavy (non-hydrogen) atoms. The first kappa shape index (κ1) is 12.6. The first-order chi connectivity index (χ1) is 7.63. The van der Waals surface area contributed by atoms with Gasteiger partial charge in [0.25, 0.3) is 0 Å². The fraction of sp³-hybridized carbons (Fsp3) is 0.700. The van der Waals surface area contributed by atoms with E-state index in [-0.39, 0.29) is 12.5 Å². The molecule has 0 aliphatic carbocycles. The van der Waals surface area contributed by atoms with Gasteiger partial charge in [-0.3, -0.25) is 9.89 Å². The lowest BCUT2D eigenvalue weighted by atomic mass is 10.4. The number of hydrogen-bond acceptors (Lipinski definition) is 4. The van der Waals surface area contributed by atoms with Crippen molar-refractivity contribution in [3.05, 3.63) is 11.6 Å². The largest absolute Gasteiger partial charge is 0.372 e. The van der Waals surface area contributed by atoms with Crippen LogP contribution in [0.3, 0.4) is 0 Å². The number of aryl methyl sites for hydroxylation is 1. The third-order valence-corrected chi connectivity index (χ3v) is 2.02. The third kappa shape index (κ3) is 3.98. The van der Waals surface area contributed by atoms with Gasteiger partial charge in [0.15, 0.2) is 5.82 Å². The Bertz CT molecular complexity index is 337. The van der Waals surface area contributed by atoms with Crippen LogP contribution in [0.15, 0.2) is 0 Å². The minimum atomic E-state index is -0.0593. The smallest absolute Gasteiger partial charge is 0.248 e. The molecule has 0 unspecified atom stereocenters. The minimum Gasteiger partial charge on any atom is -0.372 e. The molecule has 0 saturated heterocycles. The number of amides is 1. The average molecular weight is 226 g/mol. The highest BCUT2D eigenvalue weighted by atomic mass is 16.5. The Kier molecular flexibility index (Phi) is 4.91.